The first kappa shape index (κ1) is 15.4. The van der Waals surface area contributed by atoms with Crippen LogP contribution >= 0.6 is 23.1 Å². The van der Waals surface area contributed by atoms with Crippen molar-refractivity contribution in [2.24, 2.45) is 0 Å². The van der Waals surface area contributed by atoms with Gasteiger partial charge in [0.2, 0.25) is 5.91 Å². The van der Waals surface area contributed by atoms with Crippen LogP contribution in [0.2, 0.25) is 0 Å². The molecule has 22 heavy (non-hydrogen) atoms. The number of nitrogens with zero attached hydrogens (tertiary/aromatic N) is 1. The summed E-state index contributed by atoms with van der Waals surface area (Å²) in [5.41, 5.74) is 1.07. The number of hydrogen-bond acceptors (Lipinski definition) is 3. The molecular formula is C18H19NOS2. The summed E-state index contributed by atoms with van der Waals surface area (Å²) in [4.78, 5) is 15.8. The van der Waals surface area contributed by atoms with E-state index in [1.807, 2.05) is 64.4 Å². The molecule has 1 aliphatic heterocycles. The fourth-order valence-electron chi connectivity index (χ4n) is 2.53. The van der Waals surface area contributed by atoms with Crippen molar-refractivity contribution in [3.05, 3.63) is 64.4 Å². The van der Waals surface area contributed by atoms with Gasteiger partial charge in [-0.25, -0.2) is 0 Å². The standard InChI is InChI=1S/C18H19NOS2/c20-18(9-8-15-5-2-1-3-6-15)19-11-10-17(22-14-12-19)16-7-4-13-21-16/h1-9,13,17H,10-12,14H2. The summed E-state index contributed by atoms with van der Waals surface area (Å²) in [6, 6.07) is 14.3. The molecule has 1 fully saturated rings. The first-order valence-electron chi connectivity index (χ1n) is 7.50. The SMILES string of the molecule is O=C(C=Cc1ccccc1)N1CCSC(c2cccs2)CC1. The Morgan fingerprint density at radius 1 is 1.14 bits per heavy atom. The molecular weight excluding hydrogens is 310 g/mol. The number of thioether (sulfide) groups is 1. The molecule has 1 aromatic heterocycles. The highest BCUT2D eigenvalue weighted by Gasteiger charge is 2.21. The molecule has 1 atom stereocenters. The minimum absolute atomic E-state index is 0.122. The number of rotatable bonds is 3. The van der Waals surface area contributed by atoms with Gasteiger partial charge in [0, 0.05) is 35.0 Å². The molecule has 0 saturated carbocycles. The molecule has 0 bridgehead atoms. The number of amides is 1. The molecule has 2 heterocycles. The maximum atomic E-state index is 12.3. The van der Waals surface area contributed by atoms with Gasteiger partial charge in [0.15, 0.2) is 0 Å². The predicted octanol–water partition coefficient (Wildman–Crippen LogP) is 4.47. The highest BCUT2D eigenvalue weighted by Crippen LogP contribution is 2.36. The van der Waals surface area contributed by atoms with Gasteiger partial charge in [-0.15, -0.1) is 11.3 Å². The summed E-state index contributed by atoms with van der Waals surface area (Å²) >= 11 is 3.79. The van der Waals surface area contributed by atoms with Crippen molar-refractivity contribution in [1.82, 2.24) is 4.90 Å². The Morgan fingerprint density at radius 2 is 2.00 bits per heavy atom. The second-order valence-corrected chi connectivity index (χ2v) is 7.52. The van der Waals surface area contributed by atoms with Crippen molar-refractivity contribution < 1.29 is 4.79 Å². The summed E-state index contributed by atoms with van der Waals surface area (Å²) in [5, 5.41) is 2.67. The van der Waals surface area contributed by atoms with Crippen molar-refractivity contribution >= 4 is 35.1 Å². The fourth-order valence-corrected chi connectivity index (χ4v) is 4.77. The molecule has 0 aliphatic carbocycles. The second kappa shape index (κ2) is 7.65. The molecule has 1 aliphatic rings. The zero-order chi connectivity index (χ0) is 15.2. The number of hydrogen-bond donors (Lipinski definition) is 0. The van der Waals surface area contributed by atoms with Gasteiger partial charge >= 0.3 is 0 Å². The Morgan fingerprint density at radius 3 is 2.77 bits per heavy atom. The van der Waals surface area contributed by atoms with Crippen molar-refractivity contribution in [2.75, 3.05) is 18.8 Å². The lowest BCUT2D eigenvalue weighted by Crippen LogP contribution is -2.31. The highest BCUT2D eigenvalue weighted by molar-refractivity contribution is 7.99. The van der Waals surface area contributed by atoms with E-state index in [1.165, 1.54) is 4.88 Å². The van der Waals surface area contributed by atoms with E-state index < -0.39 is 0 Å². The van der Waals surface area contributed by atoms with E-state index >= 15 is 0 Å². The Hall–Kier alpha value is -1.52. The predicted molar refractivity (Wildman–Crippen MR) is 96.2 cm³/mol. The van der Waals surface area contributed by atoms with Crippen molar-refractivity contribution in [3.8, 4) is 0 Å². The third kappa shape index (κ3) is 4.02. The van der Waals surface area contributed by atoms with Crippen LogP contribution in [0.5, 0.6) is 0 Å². The third-order valence-electron chi connectivity index (χ3n) is 3.73. The Labute approximate surface area is 139 Å². The number of thiophene rings is 1. The smallest absolute Gasteiger partial charge is 0.246 e. The van der Waals surface area contributed by atoms with E-state index in [-0.39, 0.29) is 5.91 Å². The molecule has 2 aromatic rings. The van der Waals surface area contributed by atoms with Gasteiger partial charge in [-0.1, -0.05) is 36.4 Å². The minimum atomic E-state index is 0.122. The molecule has 4 heteroatoms. The van der Waals surface area contributed by atoms with Crippen LogP contribution in [-0.4, -0.2) is 29.6 Å². The van der Waals surface area contributed by atoms with Crippen LogP contribution in [0.1, 0.15) is 22.1 Å². The number of carbonyl (C=O) groups excluding carboxylic acids is 1. The maximum Gasteiger partial charge on any atom is 0.246 e. The monoisotopic (exact) mass is 329 g/mol. The van der Waals surface area contributed by atoms with Gasteiger partial charge in [0.05, 0.1) is 0 Å². The van der Waals surface area contributed by atoms with Crippen LogP contribution in [0, 0.1) is 0 Å². The van der Waals surface area contributed by atoms with E-state index in [9.17, 15) is 4.79 Å². The van der Waals surface area contributed by atoms with Crippen LogP contribution in [0.3, 0.4) is 0 Å². The van der Waals surface area contributed by atoms with Crippen molar-refractivity contribution in [2.45, 2.75) is 11.7 Å². The largest absolute Gasteiger partial charge is 0.338 e. The van der Waals surface area contributed by atoms with E-state index in [2.05, 4.69) is 17.5 Å². The lowest BCUT2D eigenvalue weighted by molar-refractivity contribution is -0.125. The lowest BCUT2D eigenvalue weighted by atomic mass is 10.2. The zero-order valence-corrected chi connectivity index (χ0v) is 14.0. The van der Waals surface area contributed by atoms with Gasteiger partial charge in [-0.3, -0.25) is 4.79 Å². The molecule has 1 saturated heterocycles. The first-order valence-corrected chi connectivity index (χ1v) is 9.43. The molecule has 3 rings (SSSR count). The van der Waals surface area contributed by atoms with Gasteiger partial charge in [0.25, 0.3) is 0 Å². The number of carbonyl (C=O) groups is 1. The second-order valence-electron chi connectivity index (χ2n) is 5.23. The van der Waals surface area contributed by atoms with Gasteiger partial charge < -0.3 is 4.90 Å². The highest BCUT2D eigenvalue weighted by atomic mass is 32.2. The van der Waals surface area contributed by atoms with E-state index in [0.717, 1.165) is 30.8 Å². The number of benzene rings is 1. The molecule has 0 N–H and O–H groups in total. The van der Waals surface area contributed by atoms with Crippen molar-refractivity contribution in [1.29, 1.82) is 0 Å². The Balaban J connectivity index is 1.58. The average Bonchev–Trinajstić information content (AvgIpc) is 2.98. The van der Waals surface area contributed by atoms with E-state index in [0.29, 0.717) is 5.25 Å². The van der Waals surface area contributed by atoms with Gasteiger partial charge in [-0.05, 0) is 29.5 Å². The summed E-state index contributed by atoms with van der Waals surface area (Å²) < 4.78 is 0. The molecule has 0 spiro atoms. The zero-order valence-electron chi connectivity index (χ0n) is 12.4. The molecule has 2 nitrogen and oxygen atoms in total. The minimum Gasteiger partial charge on any atom is -0.338 e. The van der Waals surface area contributed by atoms with Gasteiger partial charge in [0.1, 0.15) is 0 Å². The lowest BCUT2D eigenvalue weighted by Gasteiger charge is -2.18. The summed E-state index contributed by atoms with van der Waals surface area (Å²) in [6.45, 7) is 1.68. The van der Waals surface area contributed by atoms with Crippen molar-refractivity contribution in [3.63, 3.8) is 0 Å². The van der Waals surface area contributed by atoms with Crippen LogP contribution in [0.15, 0.2) is 53.9 Å². The first-order chi connectivity index (χ1) is 10.8. The topological polar surface area (TPSA) is 20.3 Å². The van der Waals surface area contributed by atoms with Crippen LogP contribution in [-0.2, 0) is 4.79 Å². The molecule has 114 valence electrons. The fraction of sp³-hybridized carbons (Fsp3) is 0.278. The quantitative estimate of drug-likeness (QED) is 0.775. The normalized spacial score (nSPS) is 19.3. The summed E-state index contributed by atoms with van der Waals surface area (Å²) in [6.07, 6.45) is 4.64. The van der Waals surface area contributed by atoms with Crippen LogP contribution in [0.25, 0.3) is 6.08 Å². The Bertz CT molecular complexity index is 622. The Kier molecular flexibility index (Phi) is 5.35. The molecule has 1 amide bonds. The third-order valence-corrected chi connectivity index (χ3v) is 6.18. The van der Waals surface area contributed by atoms with E-state index in [1.54, 1.807) is 6.08 Å². The maximum absolute atomic E-state index is 12.3. The molecule has 1 aromatic carbocycles. The van der Waals surface area contributed by atoms with Crippen LogP contribution < -0.4 is 0 Å². The average molecular weight is 329 g/mol. The summed E-state index contributed by atoms with van der Waals surface area (Å²) in [5.74, 6) is 1.13. The van der Waals surface area contributed by atoms with E-state index in [4.69, 9.17) is 0 Å². The van der Waals surface area contributed by atoms with Crippen LogP contribution in [0.4, 0.5) is 0 Å². The van der Waals surface area contributed by atoms with Gasteiger partial charge in [-0.2, -0.15) is 11.8 Å². The molecule has 1 unspecified atom stereocenters. The summed E-state index contributed by atoms with van der Waals surface area (Å²) in [7, 11) is 0. The molecule has 0 radical (unpaired) electrons.